The number of aliphatic hydroxyl groups is 1. The molecule has 1 aromatic rings. The van der Waals surface area contributed by atoms with Crippen LogP contribution in [0.5, 0.6) is 0 Å². The lowest BCUT2D eigenvalue weighted by Gasteiger charge is -2.57. The predicted molar refractivity (Wildman–Crippen MR) is 119 cm³/mol. The van der Waals surface area contributed by atoms with Crippen molar-refractivity contribution in [2.24, 2.45) is 38.8 Å². The van der Waals surface area contributed by atoms with E-state index in [-0.39, 0.29) is 22.8 Å². The fourth-order valence-corrected chi connectivity index (χ4v) is 7.31. The lowest BCUT2D eigenvalue weighted by molar-refractivity contribution is -0.0209. The topological polar surface area (TPSA) is 45.0 Å². The van der Waals surface area contributed by atoms with Crippen molar-refractivity contribution in [3.8, 4) is 0 Å². The van der Waals surface area contributed by atoms with Crippen LogP contribution in [0.4, 0.5) is 4.39 Å². The molecule has 4 aliphatic carbocycles. The highest BCUT2D eigenvalue weighted by atomic mass is 19.1. The summed E-state index contributed by atoms with van der Waals surface area (Å²) in [4.78, 5) is 0. The van der Waals surface area contributed by atoms with Crippen LogP contribution in [0.1, 0.15) is 70.8 Å². The van der Waals surface area contributed by atoms with Crippen LogP contribution in [0.2, 0.25) is 0 Å². The van der Waals surface area contributed by atoms with E-state index in [2.05, 4.69) is 30.1 Å². The average molecular weight is 409 g/mol. The molecule has 0 bridgehead atoms. The first-order valence-electron chi connectivity index (χ1n) is 11.6. The van der Waals surface area contributed by atoms with Gasteiger partial charge >= 0.3 is 0 Å². The van der Waals surface area contributed by atoms with Crippen LogP contribution in [0.15, 0.2) is 46.1 Å². The Morgan fingerprint density at radius 2 is 1.77 bits per heavy atom. The quantitative estimate of drug-likeness (QED) is 0.368. The van der Waals surface area contributed by atoms with Gasteiger partial charge in [0.05, 0.1) is 12.3 Å². The first-order valence-corrected chi connectivity index (χ1v) is 11.6. The van der Waals surface area contributed by atoms with Crippen molar-refractivity contribution >= 4 is 11.9 Å². The zero-order valence-corrected chi connectivity index (χ0v) is 18.1. The second kappa shape index (κ2) is 7.40. The molecule has 4 heteroatoms. The maximum Gasteiger partial charge on any atom is 0.123 e. The molecule has 0 spiro atoms. The number of benzene rings is 1. The SMILES string of the molecule is C[C@]12CC[C@H](O)CC1=CC[C@@H]1[C@H]2CC[C@]2(C)C(=NN=Cc3ccc(F)cc3)CC[C@@H]12. The van der Waals surface area contributed by atoms with Gasteiger partial charge in [-0.05, 0) is 92.2 Å². The molecule has 0 radical (unpaired) electrons. The maximum atomic E-state index is 13.1. The van der Waals surface area contributed by atoms with E-state index in [1.165, 1.54) is 42.7 Å². The lowest BCUT2D eigenvalue weighted by atomic mass is 9.48. The van der Waals surface area contributed by atoms with E-state index >= 15 is 0 Å². The van der Waals surface area contributed by atoms with Crippen LogP contribution >= 0.6 is 0 Å². The molecule has 4 aliphatic rings. The Labute approximate surface area is 179 Å². The van der Waals surface area contributed by atoms with Gasteiger partial charge in [0, 0.05) is 11.1 Å². The molecule has 0 heterocycles. The van der Waals surface area contributed by atoms with E-state index in [0.29, 0.717) is 5.92 Å². The first kappa shape index (κ1) is 20.1. The number of hydrogen-bond donors (Lipinski definition) is 1. The summed E-state index contributed by atoms with van der Waals surface area (Å²) in [6.07, 6.45) is 12.9. The smallest absolute Gasteiger partial charge is 0.123 e. The summed E-state index contributed by atoms with van der Waals surface area (Å²) < 4.78 is 13.1. The molecule has 160 valence electrons. The van der Waals surface area contributed by atoms with Crippen molar-refractivity contribution in [3.63, 3.8) is 0 Å². The van der Waals surface area contributed by atoms with Crippen LogP contribution < -0.4 is 0 Å². The molecule has 0 aromatic heterocycles. The summed E-state index contributed by atoms with van der Waals surface area (Å²) in [6, 6.07) is 6.38. The zero-order valence-electron chi connectivity index (χ0n) is 18.1. The van der Waals surface area contributed by atoms with Gasteiger partial charge in [0.15, 0.2) is 0 Å². The van der Waals surface area contributed by atoms with E-state index in [1.54, 1.807) is 18.3 Å². The highest BCUT2D eigenvalue weighted by Gasteiger charge is 2.57. The number of fused-ring (bicyclic) bond motifs is 5. The Balaban J connectivity index is 1.37. The predicted octanol–water partition coefficient (Wildman–Crippen LogP) is 5.92. The Bertz CT molecular complexity index is 904. The third kappa shape index (κ3) is 3.19. The molecule has 5 rings (SSSR count). The van der Waals surface area contributed by atoms with Gasteiger partial charge in [-0.25, -0.2) is 4.39 Å². The number of nitrogens with zero attached hydrogens (tertiary/aromatic N) is 2. The number of rotatable bonds is 2. The number of aliphatic hydroxyl groups excluding tert-OH is 1. The number of halogens is 1. The van der Waals surface area contributed by atoms with E-state index < -0.39 is 0 Å². The maximum absolute atomic E-state index is 13.1. The van der Waals surface area contributed by atoms with Gasteiger partial charge in [0.2, 0.25) is 0 Å². The largest absolute Gasteiger partial charge is 0.393 e. The Morgan fingerprint density at radius 1 is 1.03 bits per heavy atom. The molecule has 1 aromatic carbocycles. The lowest BCUT2D eigenvalue weighted by Crippen LogP contribution is -2.50. The summed E-state index contributed by atoms with van der Waals surface area (Å²) in [5.74, 6) is 1.91. The van der Waals surface area contributed by atoms with E-state index in [4.69, 9.17) is 0 Å². The highest BCUT2D eigenvalue weighted by Crippen LogP contribution is 2.64. The molecular formula is C26H33FN2O. The highest BCUT2D eigenvalue weighted by molar-refractivity contribution is 5.93. The van der Waals surface area contributed by atoms with E-state index in [1.807, 2.05) is 0 Å². The third-order valence-corrected chi connectivity index (χ3v) is 9.07. The van der Waals surface area contributed by atoms with E-state index in [0.717, 1.165) is 49.5 Å². The normalized spacial score (nSPS) is 42.0. The fourth-order valence-electron chi connectivity index (χ4n) is 7.31. The zero-order chi connectivity index (χ0) is 20.9. The Kier molecular flexibility index (Phi) is 4.96. The molecule has 3 fully saturated rings. The Morgan fingerprint density at radius 3 is 2.57 bits per heavy atom. The van der Waals surface area contributed by atoms with E-state index in [9.17, 15) is 9.50 Å². The fraction of sp³-hybridized carbons (Fsp3) is 0.615. The minimum absolute atomic E-state index is 0.140. The number of hydrogen-bond acceptors (Lipinski definition) is 3. The standard InChI is InChI=1S/C26H33FN2O/c1-25-13-11-20(30)15-18(25)5-8-21-22-9-10-24(26(22,2)14-12-23(21)25)29-28-16-17-3-6-19(27)7-4-17/h3-7,16,20-23,30H,8-15H2,1-2H3/t20-,21-,22-,23+,25-,26-/m0/s1. The van der Waals surface area contributed by atoms with Crippen LogP contribution in [-0.2, 0) is 0 Å². The molecular weight excluding hydrogens is 375 g/mol. The van der Waals surface area contributed by atoms with Crippen LogP contribution in [0, 0.1) is 34.4 Å². The summed E-state index contributed by atoms with van der Waals surface area (Å²) in [5, 5.41) is 19.2. The van der Waals surface area contributed by atoms with Gasteiger partial charge in [-0.3, -0.25) is 0 Å². The molecule has 6 atom stereocenters. The molecule has 30 heavy (non-hydrogen) atoms. The van der Waals surface area contributed by atoms with Gasteiger partial charge in [-0.2, -0.15) is 10.2 Å². The van der Waals surface area contributed by atoms with Crippen molar-refractivity contribution in [2.45, 2.75) is 71.3 Å². The van der Waals surface area contributed by atoms with Crippen LogP contribution in [-0.4, -0.2) is 23.1 Å². The molecule has 0 amide bonds. The van der Waals surface area contributed by atoms with Crippen molar-refractivity contribution in [1.29, 1.82) is 0 Å². The molecule has 1 N–H and O–H groups in total. The monoisotopic (exact) mass is 408 g/mol. The van der Waals surface area contributed by atoms with Crippen molar-refractivity contribution in [1.82, 2.24) is 0 Å². The van der Waals surface area contributed by atoms with Gasteiger partial charge in [-0.15, -0.1) is 0 Å². The number of allylic oxidation sites excluding steroid dienone is 1. The van der Waals surface area contributed by atoms with Gasteiger partial charge in [0.1, 0.15) is 5.82 Å². The Hall–Kier alpha value is -1.81. The van der Waals surface area contributed by atoms with Gasteiger partial charge < -0.3 is 5.11 Å². The molecule has 0 unspecified atom stereocenters. The van der Waals surface area contributed by atoms with Crippen molar-refractivity contribution < 1.29 is 9.50 Å². The van der Waals surface area contributed by atoms with Crippen molar-refractivity contribution in [2.75, 3.05) is 0 Å². The minimum atomic E-state index is -0.229. The van der Waals surface area contributed by atoms with Crippen molar-refractivity contribution in [3.05, 3.63) is 47.3 Å². The summed E-state index contributed by atoms with van der Waals surface area (Å²) >= 11 is 0. The van der Waals surface area contributed by atoms with Crippen LogP contribution in [0.25, 0.3) is 0 Å². The molecule has 3 saturated carbocycles. The molecule has 0 saturated heterocycles. The minimum Gasteiger partial charge on any atom is -0.393 e. The first-order chi connectivity index (χ1) is 14.4. The summed E-state index contributed by atoms with van der Waals surface area (Å²) in [6.45, 7) is 4.89. The van der Waals surface area contributed by atoms with Gasteiger partial charge in [-0.1, -0.05) is 37.6 Å². The van der Waals surface area contributed by atoms with Crippen LogP contribution in [0.3, 0.4) is 0 Å². The average Bonchev–Trinajstić information content (AvgIpc) is 3.06. The third-order valence-electron chi connectivity index (χ3n) is 9.07. The summed E-state index contributed by atoms with van der Waals surface area (Å²) in [7, 11) is 0. The summed E-state index contributed by atoms with van der Waals surface area (Å²) in [5.41, 5.74) is 4.09. The second-order valence-corrected chi connectivity index (χ2v) is 10.5. The second-order valence-electron chi connectivity index (χ2n) is 10.5. The molecule has 0 aliphatic heterocycles. The van der Waals surface area contributed by atoms with Gasteiger partial charge in [0.25, 0.3) is 0 Å². The molecule has 3 nitrogen and oxygen atoms in total.